The van der Waals surface area contributed by atoms with Crippen LogP contribution in [0.2, 0.25) is 0 Å². The Balaban J connectivity index is 2.35. The molecule has 0 aromatic heterocycles. The third-order valence-corrected chi connectivity index (χ3v) is 4.18. The van der Waals surface area contributed by atoms with Crippen molar-refractivity contribution in [1.29, 1.82) is 0 Å². The lowest BCUT2D eigenvalue weighted by molar-refractivity contribution is 0.159. The quantitative estimate of drug-likeness (QED) is 0.486. The summed E-state index contributed by atoms with van der Waals surface area (Å²) in [6.07, 6.45) is 0. The maximum atomic E-state index is 11.5. The summed E-state index contributed by atoms with van der Waals surface area (Å²) in [6.45, 7) is 0. The van der Waals surface area contributed by atoms with E-state index in [0.717, 1.165) is 16.7 Å². The van der Waals surface area contributed by atoms with Crippen LogP contribution in [0.4, 0.5) is 0 Å². The zero-order valence-electron chi connectivity index (χ0n) is 12.3. The Hall–Kier alpha value is -2.48. The number of benzene rings is 3. The van der Waals surface area contributed by atoms with Gasteiger partial charge in [-0.15, -0.1) is 0 Å². The van der Waals surface area contributed by atoms with Gasteiger partial charge in [0, 0.05) is 0 Å². The molecule has 0 radical (unpaired) electrons. The highest BCUT2D eigenvalue weighted by Gasteiger charge is 2.39. The number of hydrogen-bond donors (Lipinski definition) is 0. The predicted octanol–water partition coefficient (Wildman–Crippen LogP) is 5.08. The summed E-state index contributed by atoms with van der Waals surface area (Å²) in [4.78, 5) is 0. The molecular formula is C19H15O3P. The average Bonchev–Trinajstić information content (AvgIpc) is 2.62. The maximum absolute atomic E-state index is 11.5. The van der Waals surface area contributed by atoms with Gasteiger partial charge in [0.1, 0.15) is 0 Å². The van der Waals surface area contributed by atoms with Crippen molar-refractivity contribution in [2.75, 3.05) is 0 Å². The number of hydrogen-bond acceptors (Lipinski definition) is 3. The molecule has 0 amide bonds. The molecule has 0 heterocycles. The lowest BCUT2D eigenvalue weighted by Gasteiger charge is -2.32. The first kappa shape index (κ1) is 15.4. The second kappa shape index (κ2) is 6.74. The highest BCUT2D eigenvalue weighted by Crippen LogP contribution is 2.43. The Labute approximate surface area is 135 Å². The van der Waals surface area contributed by atoms with E-state index < -0.39 is 13.5 Å². The van der Waals surface area contributed by atoms with E-state index in [9.17, 15) is 9.13 Å². The summed E-state index contributed by atoms with van der Waals surface area (Å²) in [5, 5.41) is 0. The Kier molecular flexibility index (Phi) is 4.52. The Morgan fingerprint density at radius 3 is 1.13 bits per heavy atom. The molecule has 23 heavy (non-hydrogen) atoms. The standard InChI is InChI=1S/C19H15O3P/c20-23(21)22-19(16-10-4-1-5-11-16,17-12-6-2-7-13-17)18-14-8-3-9-15-18/h1-15H. The minimum Gasteiger partial charge on any atom is -0.250 e. The van der Waals surface area contributed by atoms with Crippen molar-refractivity contribution >= 4 is 7.91 Å². The second-order valence-corrected chi connectivity index (χ2v) is 5.72. The van der Waals surface area contributed by atoms with Gasteiger partial charge in [-0.3, -0.25) is 0 Å². The molecule has 0 aliphatic carbocycles. The van der Waals surface area contributed by atoms with Crippen LogP contribution in [-0.2, 0) is 19.3 Å². The van der Waals surface area contributed by atoms with Crippen LogP contribution in [0.25, 0.3) is 0 Å². The Morgan fingerprint density at radius 1 is 0.565 bits per heavy atom. The molecule has 0 unspecified atom stereocenters. The third-order valence-electron chi connectivity index (χ3n) is 3.75. The molecule has 3 aromatic rings. The highest BCUT2D eigenvalue weighted by atomic mass is 31.1. The van der Waals surface area contributed by atoms with Crippen molar-refractivity contribution in [1.82, 2.24) is 0 Å². The molecule has 0 N–H and O–H groups in total. The van der Waals surface area contributed by atoms with Gasteiger partial charge < -0.3 is 0 Å². The van der Waals surface area contributed by atoms with E-state index in [1.807, 2.05) is 91.0 Å². The first-order valence-corrected chi connectivity index (χ1v) is 8.33. The van der Waals surface area contributed by atoms with Crippen LogP contribution in [0.15, 0.2) is 91.0 Å². The Morgan fingerprint density at radius 2 is 0.870 bits per heavy atom. The van der Waals surface area contributed by atoms with Crippen molar-refractivity contribution in [3.63, 3.8) is 0 Å². The molecule has 0 aliphatic rings. The van der Waals surface area contributed by atoms with Crippen molar-refractivity contribution in [2.24, 2.45) is 0 Å². The molecule has 3 rings (SSSR count). The highest BCUT2D eigenvalue weighted by molar-refractivity contribution is 7.24. The van der Waals surface area contributed by atoms with Crippen LogP contribution in [0.5, 0.6) is 0 Å². The largest absolute Gasteiger partial charge is 0.469 e. The maximum Gasteiger partial charge on any atom is 0.469 e. The van der Waals surface area contributed by atoms with Crippen LogP contribution < -0.4 is 0 Å². The fourth-order valence-electron chi connectivity index (χ4n) is 2.79. The molecule has 114 valence electrons. The molecule has 0 spiro atoms. The van der Waals surface area contributed by atoms with Crippen molar-refractivity contribution < 1.29 is 13.7 Å². The molecule has 3 nitrogen and oxygen atoms in total. The first-order valence-electron chi connectivity index (χ1n) is 7.23. The summed E-state index contributed by atoms with van der Waals surface area (Å²) in [5.41, 5.74) is 1.09. The lowest BCUT2D eigenvalue weighted by Crippen LogP contribution is -2.30. The monoisotopic (exact) mass is 322 g/mol. The minimum absolute atomic E-state index is 0.761. The number of rotatable bonds is 5. The smallest absolute Gasteiger partial charge is 0.250 e. The lowest BCUT2D eigenvalue weighted by atomic mass is 9.80. The van der Waals surface area contributed by atoms with Gasteiger partial charge in [0.05, 0.1) is 0 Å². The van der Waals surface area contributed by atoms with E-state index in [-0.39, 0.29) is 0 Å². The molecule has 0 fully saturated rings. The van der Waals surface area contributed by atoms with Crippen LogP contribution in [0, 0.1) is 0 Å². The van der Waals surface area contributed by atoms with Gasteiger partial charge in [-0.1, -0.05) is 91.0 Å². The molecular weight excluding hydrogens is 307 g/mol. The van der Waals surface area contributed by atoms with Gasteiger partial charge in [-0.25, -0.2) is 13.7 Å². The van der Waals surface area contributed by atoms with E-state index >= 15 is 0 Å². The summed E-state index contributed by atoms with van der Waals surface area (Å²) in [5.74, 6) is 0. The summed E-state index contributed by atoms with van der Waals surface area (Å²) >= 11 is 0. The predicted molar refractivity (Wildman–Crippen MR) is 88.6 cm³/mol. The first-order chi connectivity index (χ1) is 11.2. The molecule has 4 heteroatoms. The van der Waals surface area contributed by atoms with Crippen LogP contribution >= 0.6 is 7.91 Å². The zero-order chi connectivity index (χ0) is 16.1. The Bertz CT molecular complexity index is 724. The van der Waals surface area contributed by atoms with Crippen molar-refractivity contribution in [3.05, 3.63) is 108 Å². The van der Waals surface area contributed by atoms with E-state index in [0.29, 0.717) is 0 Å². The average molecular weight is 322 g/mol. The topological polar surface area (TPSA) is 43.4 Å². The fourth-order valence-corrected chi connectivity index (χ4v) is 3.33. The zero-order valence-corrected chi connectivity index (χ0v) is 13.2. The summed E-state index contributed by atoms with van der Waals surface area (Å²) in [7, 11) is -3.06. The molecule has 0 saturated carbocycles. The van der Waals surface area contributed by atoms with Gasteiger partial charge in [0.2, 0.25) is 0 Å². The van der Waals surface area contributed by atoms with E-state index in [4.69, 9.17) is 4.52 Å². The van der Waals surface area contributed by atoms with E-state index in [1.165, 1.54) is 0 Å². The molecule has 3 aromatic carbocycles. The van der Waals surface area contributed by atoms with Gasteiger partial charge in [0.25, 0.3) is 0 Å². The van der Waals surface area contributed by atoms with Crippen LogP contribution in [0.3, 0.4) is 0 Å². The van der Waals surface area contributed by atoms with E-state index in [2.05, 4.69) is 0 Å². The van der Waals surface area contributed by atoms with Crippen molar-refractivity contribution in [3.8, 4) is 0 Å². The summed E-state index contributed by atoms with van der Waals surface area (Å²) in [6, 6.07) is 28.1. The molecule has 0 saturated heterocycles. The molecule has 0 bridgehead atoms. The van der Waals surface area contributed by atoms with Crippen molar-refractivity contribution in [2.45, 2.75) is 5.60 Å². The molecule has 0 atom stereocenters. The normalized spacial score (nSPS) is 11.1. The SMILES string of the molecule is O=P(=O)OC(c1ccccc1)(c1ccccc1)c1ccccc1. The van der Waals surface area contributed by atoms with Gasteiger partial charge >= 0.3 is 7.91 Å². The van der Waals surface area contributed by atoms with Crippen LogP contribution in [0.1, 0.15) is 16.7 Å². The molecule has 0 aliphatic heterocycles. The van der Waals surface area contributed by atoms with E-state index in [1.54, 1.807) is 0 Å². The minimum atomic E-state index is -3.06. The second-order valence-electron chi connectivity index (χ2n) is 5.09. The fraction of sp³-hybridized carbons (Fsp3) is 0.0526. The van der Waals surface area contributed by atoms with Gasteiger partial charge in [-0.2, -0.15) is 0 Å². The third kappa shape index (κ3) is 3.02. The van der Waals surface area contributed by atoms with Crippen LogP contribution in [-0.4, -0.2) is 0 Å². The van der Waals surface area contributed by atoms with Gasteiger partial charge in [0.15, 0.2) is 5.60 Å². The van der Waals surface area contributed by atoms with Gasteiger partial charge in [-0.05, 0) is 16.7 Å². The summed E-state index contributed by atoms with van der Waals surface area (Å²) < 4.78 is 28.6.